The molecule has 2 aromatic heterocycles. The van der Waals surface area contributed by atoms with Crippen LogP contribution >= 0.6 is 24.0 Å². The van der Waals surface area contributed by atoms with E-state index in [1.54, 1.807) is 18.5 Å². The summed E-state index contributed by atoms with van der Waals surface area (Å²) < 4.78 is 41.0. The largest absolute Gasteiger partial charge is 0.417 e. The lowest BCUT2D eigenvalue weighted by molar-refractivity contribution is -0.137. The maximum absolute atomic E-state index is 13.0. The van der Waals surface area contributed by atoms with Crippen molar-refractivity contribution in [3.05, 3.63) is 71.0 Å². The molecule has 0 amide bonds. The Morgan fingerprint density at radius 2 is 1.88 bits per heavy atom. The van der Waals surface area contributed by atoms with Crippen molar-refractivity contribution in [3.63, 3.8) is 0 Å². The monoisotopic (exact) mass is 387 g/mol. The second kappa shape index (κ2) is 7.45. The third kappa shape index (κ3) is 4.32. The van der Waals surface area contributed by atoms with E-state index in [1.807, 2.05) is 23.8 Å². The van der Waals surface area contributed by atoms with Gasteiger partial charge in [0.05, 0.1) is 17.1 Å². The van der Waals surface area contributed by atoms with Gasteiger partial charge in [0, 0.05) is 30.4 Å². The van der Waals surface area contributed by atoms with Crippen LogP contribution in [0.2, 0.25) is 5.02 Å². The average molecular weight is 388 g/mol. The molecule has 0 aliphatic rings. The van der Waals surface area contributed by atoms with Gasteiger partial charge < -0.3 is 4.57 Å². The Kier molecular flexibility index (Phi) is 5.75. The van der Waals surface area contributed by atoms with Gasteiger partial charge in [-0.1, -0.05) is 17.7 Å². The molecule has 25 heavy (non-hydrogen) atoms. The van der Waals surface area contributed by atoms with Gasteiger partial charge in [-0.15, -0.1) is 12.4 Å². The van der Waals surface area contributed by atoms with Gasteiger partial charge in [-0.05, 0) is 36.2 Å². The molecule has 0 spiro atoms. The highest BCUT2D eigenvalue weighted by Crippen LogP contribution is 2.37. The van der Waals surface area contributed by atoms with Crippen LogP contribution in [0.1, 0.15) is 17.0 Å². The van der Waals surface area contributed by atoms with Crippen LogP contribution in [0.25, 0.3) is 11.1 Å². The van der Waals surface area contributed by atoms with Crippen LogP contribution in [0.3, 0.4) is 0 Å². The number of hydrogen-bond acceptors (Lipinski definition) is 2. The van der Waals surface area contributed by atoms with Crippen LogP contribution in [0.4, 0.5) is 13.2 Å². The summed E-state index contributed by atoms with van der Waals surface area (Å²) in [6.45, 7) is 2.43. The standard InChI is InChI=1S/C17H13ClF3N3.ClH/c1-11-23-4-5-24(11)10-12-6-14(9-22-8-12)13-2-3-16(18)15(7-13)17(19,20)21;/h2-9H,10H2,1H3;1H. The molecule has 0 atom stereocenters. The van der Waals surface area contributed by atoms with Crippen molar-refractivity contribution in [2.75, 3.05) is 0 Å². The molecule has 0 saturated heterocycles. The lowest BCUT2D eigenvalue weighted by Gasteiger charge is -2.12. The van der Waals surface area contributed by atoms with Crippen molar-refractivity contribution in [3.8, 4) is 11.1 Å². The van der Waals surface area contributed by atoms with Crippen LogP contribution in [0, 0.1) is 6.92 Å². The molecular weight excluding hydrogens is 374 g/mol. The minimum Gasteiger partial charge on any atom is -0.331 e. The summed E-state index contributed by atoms with van der Waals surface area (Å²) in [5, 5.41) is -0.315. The molecule has 0 aliphatic carbocycles. The summed E-state index contributed by atoms with van der Waals surface area (Å²) in [6, 6.07) is 5.68. The summed E-state index contributed by atoms with van der Waals surface area (Å²) in [5.41, 5.74) is 1.05. The van der Waals surface area contributed by atoms with E-state index >= 15 is 0 Å². The van der Waals surface area contributed by atoms with Crippen molar-refractivity contribution in [2.45, 2.75) is 19.6 Å². The Balaban J connectivity index is 0.00000225. The average Bonchev–Trinajstić information content (AvgIpc) is 2.92. The Morgan fingerprint density at radius 3 is 2.52 bits per heavy atom. The zero-order valence-corrected chi connectivity index (χ0v) is 14.7. The fourth-order valence-electron chi connectivity index (χ4n) is 2.42. The smallest absolute Gasteiger partial charge is 0.331 e. The Labute approximate surface area is 153 Å². The number of halogens is 5. The van der Waals surface area contributed by atoms with E-state index in [0.717, 1.165) is 17.5 Å². The topological polar surface area (TPSA) is 30.7 Å². The van der Waals surface area contributed by atoms with E-state index in [-0.39, 0.29) is 17.4 Å². The van der Waals surface area contributed by atoms with Gasteiger partial charge in [0.2, 0.25) is 0 Å². The van der Waals surface area contributed by atoms with Crippen LogP contribution in [-0.4, -0.2) is 14.5 Å². The SMILES string of the molecule is Cc1nccn1Cc1cncc(-c2ccc(Cl)c(C(F)(F)F)c2)c1.Cl. The Bertz CT molecular complexity index is 876. The molecule has 1 aromatic carbocycles. The maximum Gasteiger partial charge on any atom is 0.417 e. The lowest BCUT2D eigenvalue weighted by atomic mass is 10.0. The van der Waals surface area contributed by atoms with Crippen LogP contribution in [-0.2, 0) is 12.7 Å². The number of rotatable bonds is 3. The quantitative estimate of drug-likeness (QED) is 0.602. The molecule has 0 fully saturated rings. The van der Waals surface area contributed by atoms with E-state index in [9.17, 15) is 13.2 Å². The summed E-state index contributed by atoms with van der Waals surface area (Å²) >= 11 is 5.67. The predicted octanol–water partition coefficient (Wildman–Crippen LogP) is 5.40. The number of nitrogens with zero attached hydrogens (tertiary/aromatic N) is 3. The van der Waals surface area contributed by atoms with Crippen LogP contribution in [0.15, 0.2) is 49.1 Å². The highest BCUT2D eigenvalue weighted by molar-refractivity contribution is 6.31. The first-order valence-corrected chi connectivity index (χ1v) is 7.51. The van der Waals surface area contributed by atoms with Gasteiger partial charge in [-0.25, -0.2) is 4.98 Å². The zero-order valence-electron chi connectivity index (χ0n) is 13.1. The third-order valence-electron chi connectivity index (χ3n) is 3.68. The predicted molar refractivity (Wildman–Crippen MR) is 93.0 cm³/mol. The van der Waals surface area contributed by atoms with Gasteiger partial charge >= 0.3 is 6.18 Å². The van der Waals surface area contributed by atoms with Crippen molar-refractivity contribution >= 4 is 24.0 Å². The molecule has 132 valence electrons. The van der Waals surface area contributed by atoms with Crippen molar-refractivity contribution < 1.29 is 13.2 Å². The minimum absolute atomic E-state index is 0. The highest BCUT2D eigenvalue weighted by Gasteiger charge is 2.33. The van der Waals surface area contributed by atoms with E-state index in [4.69, 9.17) is 11.6 Å². The second-order valence-corrected chi connectivity index (χ2v) is 5.78. The Morgan fingerprint density at radius 1 is 1.12 bits per heavy atom. The van der Waals surface area contributed by atoms with Gasteiger partial charge in [-0.2, -0.15) is 13.2 Å². The zero-order chi connectivity index (χ0) is 17.3. The molecule has 3 rings (SSSR count). The number of alkyl halides is 3. The minimum atomic E-state index is -4.49. The molecule has 0 aliphatic heterocycles. The van der Waals surface area contributed by atoms with E-state index in [0.29, 0.717) is 17.7 Å². The first kappa shape index (κ1) is 19.3. The summed E-state index contributed by atoms with van der Waals surface area (Å²) in [6.07, 6.45) is 2.26. The van der Waals surface area contributed by atoms with E-state index in [2.05, 4.69) is 9.97 Å². The summed E-state index contributed by atoms with van der Waals surface area (Å²) in [7, 11) is 0. The van der Waals surface area contributed by atoms with Gasteiger partial charge in [0.15, 0.2) is 0 Å². The van der Waals surface area contributed by atoms with Crippen LogP contribution in [0.5, 0.6) is 0 Å². The first-order chi connectivity index (χ1) is 11.3. The lowest BCUT2D eigenvalue weighted by Crippen LogP contribution is -2.06. The molecule has 0 radical (unpaired) electrons. The molecule has 3 aromatic rings. The number of benzene rings is 1. The molecular formula is C17H14Cl2F3N3. The Hall–Kier alpha value is -2.05. The number of pyridine rings is 1. The highest BCUT2D eigenvalue weighted by atomic mass is 35.5. The maximum atomic E-state index is 13.0. The molecule has 3 nitrogen and oxygen atoms in total. The van der Waals surface area contributed by atoms with Gasteiger partial charge in [-0.3, -0.25) is 4.98 Å². The molecule has 0 N–H and O–H groups in total. The number of aromatic nitrogens is 3. The fraction of sp³-hybridized carbons (Fsp3) is 0.176. The van der Waals surface area contributed by atoms with E-state index < -0.39 is 11.7 Å². The molecule has 0 bridgehead atoms. The van der Waals surface area contributed by atoms with Crippen molar-refractivity contribution in [1.29, 1.82) is 0 Å². The normalized spacial score (nSPS) is 11.2. The molecule has 8 heteroatoms. The molecule has 0 saturated carbocycles. The fourth-order valence-corrected chi connectivity index (χ4v) is 2.65. The van der Waals surface area contributed by atoms with E-state index in [1.165, 1.54) is 12.3 Å². The second-order valence-electron chi connectivity index (χ2n) is 5.38. The summed E-state index contributed by atoms with van der Waals surface area (Å²) in [5.74, 6) is 0.853. The molecule has 2 heterocycles. The van der Waals surface area contributed by atoms with Crippen molar-refractivity contribution in [2.24, 2.45) is 0 Å². The van der Waals surface area contributed by atoms with Crippen molar-refractivity contribution in [1.82, 2.24) is 14.5 Å². The van der Waals surface area contributed by atoms with Gasteiger partial charge in [0.25, 0.3) is 0 Å². The van der Waals surface area contributed by atoms with Crippen LogP contribution < -0.4 is 0 Å². The first-order valence-electron chi connectivity index (χ1n) is 7.13. The third-order valence-corrected chi connectivity index (χ3v) is 4.01. The summed E-state index contributed by atoms with van der Waals surface area (Å²) in [4.78, 5) is 8.28. The van der Waals surface area contributed by atoms with Gasteiger partial charge in [0.1, 0.15) is 5.82 Å². The number of imidazole rings is 1. The molecule has 0 unspecified atom stereocenters. The number of aryl methyl sites for hydroxylation is 1. The number of hydrogen-bond donors (Lipinski definition) is 0.